The summed E-state index contributed by atoms with van der Waals surface area (Å²) < 4.78 is 1.86. The summed E-state index contributed by atoms with van der Waals surface area (Å²) in [5.41, 5.74) is 4.05. The fraction of sp³-hybridized carbons (Fsp3) is 0.412. The minimum Gasteiger partial charge on any atom is -0.359 e. The van der Waals surface area contributed by atoms with Crippen molar-refractivity contribution in [3.63, 3.8) is 0 Å². The summed E-state index contributed by atoms with van der Waals surface area (Å²) in [5.74, 6) is 0. The highest BCUT2D eigenvalue weighted by Crippen LogP contribution is 2.42. The van der Waals surface area contributed by atoms with Crippen LogP contribution in [0.25, 0.3) is 0 Å². The molecule has 0 aliphatic carbocycles. The van der Waals surface area contributed by atoms with Gasteiger partial charge in [-0.2, -0.15) is 10.4 Å². The molecule has 0 amide bonds. The van der Waals surface area contributed by atoms with Gasteiger partial charge < -0.3 is 4.90 Å². The molecule has 1 saturated heterocycles. The average Bonchev–Trinajstić information content (AvgIpc) is 3.11. The van der Waals surface area contributed by atoms with Gasteiger partial charge in [0, 0.05) is 30.9 Å². The smallest absolute Gasteiger partial charge is 0.293 e. The van der Waals surface area contributed by atoms with Crippen LogP contribution >= 0.6 is 0 Å². The average molecular weight is 325 g/mol. The molecule has 1 aromatic carbocycles. The molecule has 0 saturated carbocycles. The molecular formula is C17H19N5O2. The van der Waals surface area contributed by atoms with E-state index >= 15 is 0 Å². The molecule has 2 aromatic rings. The van der Waals surface area contributed by atoms with Crippen molar-refractivity contribution in [2.45, 2.75) is 32.7 Å². The van der Waals surface area contributed by atoms with E-state index in [4.69, 9.17) is 5.26 Å². The van der Waals surface area contributed by atoms with Crippen molar-refractivity contribution in [3.8, 4) is 6.07 Å². The number of benzene rings is 1. The zero-order valence-electron chi connectivity index (χ0n) is 14.0. The Kier molecular flexibility index (Phi) is 3.97. The lowest BCUT2D eigenvalue weighted by Gasteiger charge is -2.27. The van der Waals surface area contributed by atoms with Crippen LogP contribution in [0.5, 0.6) is 0 Å². The van der Waals surface area contributed by atoms with E-state index in [1.807, 2.05) is 31.6 Å². The molecule has 1 atom stereocenters. The first kappa shape index (κ1) is 16.0. The highest BCUT2D eigenvalue weighted by atomic mass is 16.6. The lowest BCUT2D eigenvalue weighted by molar-refractivity contribution is -0.384. The molecule has 24 heavy (non-hydrogen) atoms. The second kappa shape index (κ2) is 5.96. The summed E-state index contributed by atoms with van der Waals surface area (Å²) in [6, 6.07) is 6.73. The molecule has 2 heterocycles. The first-order valence-electron chi connectivity index (χ1n) is 7.89. The number of nitriles is 1. The summed E-state index contributed by atoms with van der Waals surface area (Å²) in [6.45, 7) is 4.76. The lowest BCUT2D eigenvalue weighted by atomic mass is 10.0. The largest absolute Gasteiger partial charge is 0.359 e. The summed E-state index contributed by atoms with van der Waals surface area (Å²) >= 11 is 0. The van der Waals surface area contributed by atoms with Crippen LogP contribution in [-0.4, -0.2) is 21.2 Å². The van der Waals surface area contributed by atoms with Gasteiger partial charge in [0.05, 0.1) is 28.3 Å². The Balaban J connectivity index is 2.09. The van der Waals surface area contributed by atoms with Crippen LogP contribution in [0.15, 0.2) is 18.2 Å². The number of nitro groups is 1. The molecule has 7 heteroatoms. The van der Waals surface area contributed by atoms with E-state index in [2.05, 4.69) is 10.00 Å². The van der Waals surface area contributed by atoms with Gasteiger partial charge >= 0.3 is 0 Å². The predicted molar refractivity (Wildman–Crippen MR) is 89.8 cm³/mol. The van der Waals surface area contributed by atoms with E-state index in [0.717, 1.165) is 36.3 Å². The van der Waals surface area contributed by atoms with Gasteiger partial charge in [-0.3, -0.25) is 14.8 Å². The van der Waals surface area contributed by atoms with Crippen LogP contribution in [0.1, 0.15) is 41.4 Å². The molecule has 0 bridgehead atoms. The molecule has 7 nitrogen and oxygen atoms in total. The fourth-order valence-electron chi connectivity index (χ4n) is 3.61. The normalized spacial score (nSPS) is 17.1. The zero-order valence-corrected chi connectivity index (χ0v) is 14.0. The maximum Gasteiger partial charge on any atom is 0.293 e. The molecule has 1 aromatic heterocycles. The van der Waals surface area contributed by atoms with E-state index in [-0.39, 0.29) is 11.7 Å². The van der Waals surface area contributed by atoms with E-state index in [1.165, 1.54) is 6.07 Å². The standard InChI is InChI=1S/C17H19N5O2/c1-11-17(12(2)20(3)19-11)15-5-4-8-21(15)14-7-6-13(10-18)9-16(14)22(23)24/h6-7,9,15H,4-5,8H2,1-3H3/t15-/m1/s1. The van der Waals surface area contributed by atoms with Gasteiger partial charge in [-0.05, 0) is 38.8 Å². The third-order valence-electron chi connectivity index (χ3n) is 4.76. The third kappa shape index (κ3) is 2.50. The predicted octanol–water partition coefficient (Wildman–Crippen LogP) is 3.16. The number of nitrogens with zero attached hydrogens (tertiary/aromatic N) is 5. The molecule has 0 spiro atoms. The van der Waals surface area contributed by atoms with Gasteiger partial charge in [0.15, 0.2) is 0 Å². The first-order chi connectivity index (χ1) is 11.4. The maximum atomic E-state index is 11.5. The van der Waals surface area contributed by atoms with E-state index in [1.54, 1.807) is 12.1 Å². The molecule has 124 valence electrons. The van der Waals surface area contributed by atoms with Gasteiger partial charge in [0.1, 0.15) is 5.69 Å². The van der Waals surface area contributed by atoms with Crippen molar-refractivity contribution in [1.29, 1.82) is 5.26 Å². The van der Waals surface area contributed by atoms with E-state index < -0.39 is 4.92 Å². The number of aromatic nitrogens is 2. The van der Waals surface area contributed by atoms with Crippen LogP contribution < -0.4 is 4.90 Å². The number of aryl methyl sites for hydroxylation is 2. The van der Waals surface area contributed by atoms with Gasteiger partial charge in [-0.1, -0.05) is 0 Å². The van der Waals surface area contributed by atoms with E-state index in [9.17, 15) is 10.1 Å². The number of anilines is 1. The Labute approximate surface area is 140 Å². The Morgan fingerprint density at radius 3 is 2.75 bits per heavy atom. The van der Waals surface area contributed by atoms with Crippen molar-refractivity contribution < 1.29 is 4.92 Å². The van der Waals surface area contributed by atoms with Crippen LogP contribution in [0.3, 0.4) is 0 Å². The summed E-state index contributed by atoms with van der Waals surface area (Å²) in [6.07, 6.45) is 1.90. The monoisotopic (exact) mass is 325 g/mol. The second-order valence-electron chi connectivity index (χ2n) is 6.13. The van der Waals surface area contributed by atoms with E-state index in [0.29, 0.717) is 11.3 Å². The number of nitro benzene ring substituents is 1. The lowest BCUT2D eigenvalue weighted by Crippen LogP contribution is -2.24. The molecule has 0 radical (unpaired) electrons. The summed E-state index contributed by atoms with van der Waals surface area (Å²) in [7, 11) is 1.91. The van der Waals surface area contributed by atoms with Crippen LogP contribution in [0.2, 0.25) is 0 Å². The molecule has 1 aliphatic rings. The van der Waals surface area contributed by atoms with Gasteiger partial charge in [0.2, 0.25) is 0 Å². The van der Waals surface area contributed by atoms with Crippen molar-refractivity contribution >= 4 is 11.4 Å². The Morgan fingerprint density at radius 1 is 1.42 bits per heavy atom. The molecule has 1 fully saturated rings. The first-order valence-corrected chi connectivity index (χ1v) is 7.89. The van der Waals surface area contributed by atoms with Crippen LogP contribution in [0.4, 0.5) is 11.4 Å². The topological polar surface area (TPSA) is 88.0 Å². The third-order valence-corrected chi connectivity index (χ3v) is 4.76. The molecule has 3 rings (SSSR count). The van der Waals surface area contributed by atoms with Crippen molar-refractivity contribution in [3.05, 3.63) is 50.8 Å². The van der Waals surface area contributed by atoms with Crippen molar-refractivity contribution in [1.82, 2.24) is 9.78 Å². The van der Waals surface area contributed by atoms with Gasteiger partial charge in [-0.25, -0.2) is 0 Å². The number of rotatable bonds is 3. The summed E-state index contributed by atoms with van der Waals surface area (Å²) in [4.78, 5) is 13.2. The highest BCUT2D eigenvalue weighted by Gasteiger charge is 2.34. The Hall–Kier alpha value is -2.88. The minimum absolute atomic E-state index is 0.0138. The number of hydrogen-bond donors (Lipinski definition) is 0. The summed E-state index contributed by atoms with van der Waals surface area (Å²) in [5, 5.41) is 25.0. The quantitative estimate of drug-likeness (QED) is 0.639. The second-order valence-corrected chi connectivity index (χ2v) is 6.13. The minimum atomic E-state index is -0.408. The number of hydrogen-bond acceptors (Lipinski definition) is 5. The molecule has 0 N–H and O–H groups in total. The van der Waals surface area contributed by atoms with Crippen LogP contribution in [-0.2, 0) is 7.05 Å². The van der Waals surface area contributed by atoms with Gasteiger partial charge in [0.25, 0.3) is 5.69 Å². The van der Waals surface area contributed by atoms with Crippen molar-refractivity contribution in [2.75, 3.05) is 11.4 Å². The fourth-order valence-corrected chi connectivity index (χ4v) is 3.61. The zero-order chi connectivity index (χ0) is 17.4. The Morgan fingerprint density at radius 2 is 2.17 bits per heavy atom. The molecule has 0 unspecified atom stereocenters. The SMILES string of the molecule is Cc1nn(C)c(C)c1[C@H]1CCCN1c1ccc(C#N)cc1[N+](=O)[O-]. The van der Waals surface area contributed by atoms with Crippen molar-refractivity contribution in [2.24, 2.45) is 7.05 Å². The van der Waals surface area contributed by atoms with Gasteiger partial charge in [-0.15, -0.1) is 0 Å². The maximum absolute atomic E-state index is 11.5. The Bertz CT molecular complexity index is 849. The van der Waals surface area contributed by atoms with Crippen LogP contribution in [0, 0.1) is 35.3 Å². The molecule has 1 aliphatic heterocycles. The molecular weight excluding hydrogens is 306 g/mol. The highest BCUT2D eigenvalue weighted by molar-refractivity contribution is 5.67.